The summed E-state index contributed by atoms with van der Waals surface area (Å²) in [7, 11) is 1.53. The van der Waals surface area contributed by atoms with Crippen molar-refractivity contribution in [1.29, 1.82) is 0 Å². The third-order valence-electron chi connectivity index (χ3n) is 5.00. The minimum Gasteiger partial charge on any atom is -0.497 e. The monoisotopic (exact) mass is 421 g/mol. The average Bonchev–Trinajstić information content (AvgIpc) is 3.17. The van der Waals surface area contributed by atoms with Gasteiger partial charge < -0.3 is 9.30 Å². The normalized spacial score (nSPS) is 11.0. The highest BCUT2D eigenvalue weighted by molar-refractivity contribution is 5.72. The first-order valence-electron chi connectivity index (χ1n) is 9.53. The molecule has 0 aliphatic rings. The summed E-state index contributed by atoms with van der Waals surface area (Å²) in [4.78, 5) is 41.1. The van der Waals surface area contributed by atoms with E-state index in [2.05, 4.69) is 4.98 Å². The molecule has 0 amide bonds. The van der Waals surface area contributed by atoms with Crippen molar-refractivity contribution in [3.8, 4) is 11.4 Å². The number of rotatable bonds is 6. The van der Waals surface area contributed by atoms with Gasteiger partial charge in [0, 0.05) is 31.3 Å². The van der Waals surface area contributed by atoms with Gasteiger partial charge in [0.15, 0.2) is 11.2 Å². The van der Waals surface area contributed by atoms with Crippen LogP contribution in [-0.4, -0.2) is 30.7 Å². The number of fused-ring (bicyclic) bond motifs is 1. The Morgan fingerprint density at radius 3 is 2.61 bits per heavy atom. The molecule has 0 fully saturated rings. The van der Waals surface area contributed by atoms with Crippen molar-refractivity contribution >= 4 is 16.9 Å². The maximum atomic E-state index is 13.1. The van der Waals surface area contributed by atoms with Gasteiger partial charge in [0.2, 0.25) is 0 Å². The van der Waals surface area contributed by atoms with Gasteiger partial charge in [0.1, 0.15) is 5.75 Å². The molecule has 158 valence electrons. The molecule has 0 atom stereocenters. The number of hydrogen-bond donors (Lipinski definition) is 0. The number of nitro benzene ring substituents is 1. The fourth-order valence-corrected chi connectivity index (χ4v) is 3.53. The van der Waals surface area contributed by atoms with E-state index in [9.17, 15) is 19.7 Å². The Bertz CT molecular complexity index is 1420. The van der Waals surface area contributed by atoms with Crippen LogP contribution in [0, 0.1) is 10.1 Å². The number of aromatic nitrogens is 4. The molecule has 10 heteroatoms. The summed E-state index contributed by atoms with van der Waals surface area (Å²) in [5.41, 5.74) is 0.570. The molecule has 31 heavy (non-hydrogen) atoms. The number of hydrogen-bond acceptors (Lipinski definition) is 6. The molecule has 0 saturated carbocycles. The molecule has 2 aromatic carbocycles. The van der Waals surface area contributed by atoms with Crippen molar-refractivity contribution in [1.82, 2.24) is 18.7 Å². The van der Waals surface area contributed by atoms with Crippen molar-refractivity contribution in [2.75, 3.05) is 7.11 Å². The standard InChI is InChI=1S/C21H19N5O5/c1-3-24-20(27)18-19(25(21(24)28)15-7-5-9-17(11-15)31-2)22-13-23(18)12-14-6-4-8-16(10-14)26(29)30/h4-11,13H,3,12H2,1-2H3. The van der Waals surface area contributed by atoms with Crippen molar-refractivity contribution in [3.05, 3.63) is 91.4 Å². The van der Waals surface area contributed by atoms with Crippen molar-refractivity contribution < 1.29 is 9.66 Å². The Morgan fingerprint density at radius 1 is 1.13 bits per heavy atom. The molecule has 0 bridgehead atoms. The molecule has 4 aromatic rings. The van der Waals surface area contributed by atoms with E-state index in [0.717, 1.165) is 4.57 Å². The van der Waals surface area contributed by atoms with Crippen LogP contribution in [0.4, 0.5) is 5.69 Å². The van der Waals surface area contributed by atoms with Crippen LogP contribution in [0.15, 0.2) is 64.4 Å². The minimum atomic E-state index is -0.506. The van der Waals surface area contributed by atoms with Gasteiger partial charge in [-0.25, -0.2) is 14.3 Å². The topological polar surface area (TPSA) is 114 Å². The highest BCUT2D eigenvalue weighted by Crippen LogP contribution is 2.20. The van der Waals surface area contributed by atoms with Gasteiger partial charge in [-0.05, 0) is 24.6 Å². The third-order valence-corrected chi connectivity index (χ3v) is 5.00. The SMILES string of the molecule is CCn1c(=O)c2c(ncn2Cc2cccc([N+](=O)[O-])c2)n(-c2cccc(OC)c2)c1=O. The molecular weight excluding hydrogens is 402 g/mol. The zero-order chi connectivity index (χ0) is 22.1. The number of imidazole rings is 1. The smallest absolute Gasteiger partial charge is 0.337 e. The second kappa shape index (κ2) is 7.90. The van der Waals surface area contributed by atoms with E-state index in [4.69, 9.17) is 4.74 Å². The Hall–Kier alpha value is -4.21. The first-order chi connectivity index (χ1) is 14.9. The van der Waals surface area contributed by atoms with E-state index in [-0.39, 0.29) is 29.9 Å². The first kappa shape index (κ1) is 20.1. The number of ether oxygens (including phenoxy) is 1. The molecule has 4 rings (SSSR count). The van der Waals surface area contributed by atoms with Crippen LogP contribution in [0.1, 0.15) is 12.5 Å². The summed E-state index contributed by atoms with van der Waals surface area (Å²) in [5, 5.41) is 11.1. The van der Waals surface area contributed by atoms with E-state index in [0.29, 0.717) is 17.0 Å². The minimum absolute atomic E-state index is 0.0406. The van der Waals surface area contributed by atoms with Crippen LogP contribution in [0.3, 0.4) is 0 Å². The second-order valence-corrected chi connectivity index (χ2v) is 6.84. The highest BCUT2D eigenvalue weighted by Gasteiger charge is 2.19. The van der Waals surface area contributed by atoms with Crippen LogP contribution in [0.2, 0.25) is 0 Å². The second-order valence-electron chi connectivity index (χ2n) is 6.84. The zero-order valence-corrected chi connectivity index (χ0v) is 16.9. The van der Waals surface area contributed by atoms with Gasteiger partial charge in [0.25, 0.3) is 11.2 Å². The van der Waals surface area contributed by atoms with Gasteiger partial charge in [-0.1, -0.05) is 18.2 Å². The van der Waals surface area contributed by atoms with Crippen LogP contribution < -0.4 is 16.0 Å². The highest BCUT2D eigenvalue weighted by atomic mass is 16.6. The van der Waals surface area contributed by atoms with E-state index in [1.807, 2.05) is 0 Å². The van der Waals surface area contributed by atoms with E-state index >= 15 is 0 Å². The first-order valence-corrected chi connectivity index (χ1v) is 9.53. The number of nitro groups is 1. The molecule has 2 aromatic heterocycles. The maximum absolute atomic E-state index is 13.1. The van der Waals surface area contributed by atoms with Crippen LogP contribution in [0.25, 0.3) is 16.9 Å². The Balaban J connectivity index is 1.95. The van der Waals surface area contributed by atoms with Crippen LogP contribution in [0.5, 0.6) is 5.75 Å². The summed E-state index contributed by atoms with van der Waals surface area (Å²) in [6.45, 7) is 2.08. The lowest BCUT2D eigenvalue weighted by molar-refractivity contribution is -0.384. The third kappa shape index (κ3) is 3.48. The Labute approximate surface area is 175 Å². The number of non-ortho nitro benzene ring substituents is 1. The van der Waals surface area contributed by atoms with Crippen molar-refractivity contribution in [3.63, 3.8) is 0 Å². The molecule has 0 radical (unpaired) electrons. The van der Waals surface area contributed by atoms with Crippen LogP contribution >= 0.6 is 0 Å². The van der Waals surface area contributed by atoms with Gasteiger partial charge >= 0.3 is 5.69 Å². The molecule has 0 aliphatic carbocycles. The summed E-state index contributed by atoms with van der Waals surface area (Å²) < 4.78 is 9.36. The van der Waals surface area contributed by atoms with Crippen LogP contribution in [-0.2, 0) is 13.1 Å². The molecule has 2 heterocycles. The lowest BCUT2D eigenvalue weighted by Crippen LogP contribution is -2.39. The summed E-state index contributed by atoms with van der Waals surface area (Å²) >= 11 is 0. The maximum Gasteiger partial charge on any atom is 0.337 e. The summed E-state index contributed by atoms with van der Waals surface area (Å²) in [6, 6.07) is 13.1. The summed E-state index contributed by atoms with van der Waals surface area (Å²) in [6.07, 6.45) is 1.46. The zero-order valence-electron chi connectivity index (χ0n) is 16.9. The average molecular weight is 421 g/mol. The Kier molecular flexibility index (Phi) is 5.12. The predicted octanol–water partition coefficient (Wildman–Crippen LogP) is 2.33. The van der Waals surface area contributed by atoms with E-state index < -0.39 is 16.2 Å². The van der Waals surface area contributed by atoms with Gasteiger partial charge in [-0.3, -0.25) is 19.5 Å². The molecule has 0 aliphatic heterocycles. The number of benzene rings is 2. The number of nitrogens with zero attached hydrogens (tertiary/aromatic N) is 5. The fraction of sp³-hybridized carbons (Fsp3) is 0.190. The molecule has 0 spiro atoms. The molecule has 10 nitrogen and oxygen atoms in total. The summed E-state index contributed by atoms with van der Waals surface area (Å²) in [5.74, 6) is 0.558. The van der Waals surface area contributed by atoms with E-state index in [1.54, 1.807) is 47.9 Å². The Morgan fingerprint density at radius 2 is 1.90 bits per heavy atom. The largest absolute Gasteiger partial charge is 0.497 e. The molecular formula is C21H19N5O5. The molecule has 0 N–H and O–H groups in total. The quantitative estimate of drug-likeness (QED) is 0.349. The van der Waals surface area contributed by atoms with Crippen molar-refractivity contribution in [2.45, 2.75) is 20.0 Å². The lowest BCUT2D eigenvalue weighted by Gasteiger charge is -2.12. The number of methoxy groups -OCH3 is 1. The van der Waals surface area contributed by atoms with Gasteiger partial charge in [-0.2, -0.15) is 0 Å². The van der Waals surface area contributed by atoms with E-state index in [1.165, 1.54) is 30.1 Å². The predicted molar refractivity (Wildman–Crippen MR) is 114 cm³/mol. The van der Waals surface area contributed by atoms with Gasteiger partial charge in [0.05, 0.1) is 24.0 Å². The van der Waals surface area contributed by atoms with Crippen molar-refractivity contribution in [2.24, 2.45) is 0 Å². The fourth-order valence-electron chi connectivity index (χ4n) is 3.53. The van der Waals surface area contributed by atoms with Gasteiger partial charge in [-0.15, -0.1) is 0 Å². The molecule has 0 unspecified atom stereocenters. The lowest BCUT2D eigenvalue weighted by atomic mass is 10.2. The molecule has 0 saturated heterocycles.